The number of barbiturate groups is 1. The molecule has 37 heavy (non-hydrogen) atoms. The number of hydrogen-bond acceptors (Lipinski definition) is 8. The minimum atomic E-state index is -0.876. The van der Waals surface area contributed by atoms with Crippen molar-refractivity contribution in [2.75, 3.05) is 26.2 Å². The zero-order valence-electron chi connectivity index (χ0n) is 20.1. The lowest BCUT2D eigenvalue weighted by Crippen LogP contribution is -2.54. The largest absolute Gasteiger partial charge is 0.497 e. The molecule has 4 amide bonds. The Kier molecular flexibility index (Phi) is 7.19. The second-order valence-corrected chi connectivity index (χ2v) is 7.69. The van der Waals surface area contributed by atoms with Crippen LogP contribution in [0.15, 0.2) is 72.3 Å². The fraction of sp³-hybridized carbons (Fsp3) is 0.111. The number of amides is 4. The number of esters is 1. The number of benzene rings is 3. The Labute approximate surface area is 212 Å². The molecule has 1 aliphatic heterocycles. The van der Waals surface area contributed by atoms with Crippen molar-refractivity contribution in [3.05, 3.63) is 83.4 Å². The first kappa shape index (κ1) is 25.0. The van der Waals surface area contributed by atoms with Crippen LogP contribution in [-0.2, 0) is 9.59 Å². The number of rotatable bonds is 7. The van der Waals surface area contributed by atoms with E-state index in [2.05, 4.69) is 5.32 Å². The summed E-state index contributed by atoms with van der Waals surface area (Å²) in [5, 5.41) is 2.17. The van der Waals surface area contributed by atoms with Crippen molar-refractivity contribution in [1.29, 1.82) is 0 Å². The number of hydrogen-bond donors (Lipinski definition) is 1. The average Bonchev–Trinajstić information content (AvgIpc) is 2.91. The maximum Gasteiger partial charge on any atom is 0.343 e. The molecule has 10 heteroatoms. The van der Waals surface area contributed by atoms with Crippen LogP contribution in [-0.4, -0.2) is 45.1 Å². The maximum atomic E-state index is 13.1. The molecular formula is C27H22N2O8. The van der Waals surface area contributed by atoms with E-state index in [0.29, 0.717) is 22.6 Å². The molecule has 0 aliphatic carbocycles. The molecule has 1 heterocycles. The highest BCUT2D eigenvalue weighted by Crippen LogP contribution is 2.31. The van der Waals surface area contributed by atoms with E-state index in [9.17, 15) is 19.2 Å². The van der Waals surface area contributed by atoms with Gasteiger partial charge in [-0.25, -0.2) is 14.5 Å². The second-order valence-electron chi connectivity index (χ2n) is 7.69. The van der Waals surface area contributed by atoms with Crippen molar-refractivity contribution >= 4 is 35.6 Å². The Morgan fingerprint density at radius 3 is 2.22 bits per heavy atom. The van der Waals surface area contributed by atoms with E-state index in [0.717, 1.165) is 4.90 Å². The van der Waals surface area contributed by atoms with E-state index in [1.54, 1.807) is 48.5 Å². The number of urea groups is 1. The first-order valence-corrected chi connectivity index (χ1v) is 10.9. The van der Waals surface area contributed by atoms with E-state index in [-0.39, 0.29) is 22.8 Å². The van der Waals surface area contributed by atoms with Gasteiger partial charge in [-0.15, -0.1) is 0 Å². The van der Waals surface area contributed by atoms with E-state index in [1.165, 1.54) is 45.6 Å². The lowest BCUT2D eigenvalue weighted by Gasteiger charge is -2.26. The molecule has 0 spiro atoms. The van der Waals surface area contributed by atoms with Crippen LogP contribution in [0.25, 0.3) is 6.08 Å². The maximum absolute atomic E-state index is 13.1. The van der Waals surface area contributed by atoms with Gasteiger partial charge in [0.05, 0.1) is 32.6 Å². The second kappa shape index (κ2) is 10.6. The van der Waals surface area contributed by atoms with E-state index in [1.807, 2.05) is 0 Å². The van der Waals surface area contributed by atoms with Gasteiger partial charge in [0.25, 0.3) is 11.8 Å². The van der Waals surface area contributed by atoms with Gasteiger partial charge in [-0.3, -0.25) is 14.9 Å². The summed E-state index contributed by atoms with van der Waals surface area (Å²) in [6, 6.07) is 16.4. The average molecular weight is 502 g/mol. The van der Waals surface area contributed by atoms with Gasteiger partial charge in [-0.2, -0.15) is 0 Å². The molecule has 1 fully saturated rings. The molecule has 0 saturated carbocycles. The van der Waals surface area contributed by atoms with Gasteiger partial charge in [-0.05, 0) is 60.2 Å². The summed E-state index contributed by atoms with van der Waals surface area (Å²) in [6.07, 6.45) is 1.31. The highest BCUT2D eigenvalue weighted by molar-refractivity contribution is 6.39. The van der Waals surface area contributed by atoms with E-state index in [4.69, 9.17) is 18.9 Å². The molecule has 1 aliphatic rings. The molecule has 0 unspecified atom stereocenters. The summed E-state index contributed by atoms with van der Waals surface area (Å²) in [4.78, 5) is 51.5. The summed E-state index contributed by atoms with van der Waals surface area (Å²) >= 11 is 0. The Morgan fingerprint density at radius 1 is 0.811 bits per heavy atom. The van der Waals surface area contributed by atoms with Crippen LogP contribution in [0.3, 0.4) is 0 Å². The van der Waals surface area contributed by atoms with Crippen LogP contribution in [0, 0.1) is 0 Å². The normalized spacial score (nSPS) is 14.3. The van der Waals surface area contributed by atoms with Crippen LogP contribution in [0.2, 0.25) is 0 Å². The minimum absolute atomic E-state index is 0.137. The standard InChI is InChI=1S/C27H22N2O8/c1-34-19-10-8-17(9-11-19)26(32)37-22-12-7-16(14-23(22)36-3)13-21-24(30)28-27(33)29(25(21)31)18-5-4-6-20(15-18)35-2/h4-15H,1-3H3,(H,28,30,33)/b21-13+. The lowest BCUT2D eigenvalue weighted by molar-refractivity contribution is -0.122. The van der Waals surface area contributed by atoms with Gasteiger partial charge >= 0.3 is 12.0 Å². The van der Waals surface area contributed by atoms with Crippen LogP contribution in [0.4, 0.5) is 10.5 Å². The summed E-state index contributed by atoms with van der Waals surface area (Å²) < 4.78 is 21.0. The van der Waals surface area contributed by atoms with Crippen molar-refractivity contribution in [2.45, 2.75) is 0 Å². The molecule has 1 saturated heterocycles. The van der Waals surface area contributed by atoms with E-state index < -0.39 is 23.8 Å². The summed E-state index contributed by atoms with van der Waals surface area (Å²) in [5.41, 5.74) is 0.673. The number of nitrogens with one attached hydrogen (secondary N) is 1. The molecule has 10 nitrogen and oxygen atoms in total. The summed E-state index contributed by atoms with van der Waals surface area (Å²) in [7, 11) is 4.36. The molecule has 0 atom stereocenters. The number of imide groups is 2. The number of methoxy groups -OCH3 is 3. The van der Waals surface area contributed by atoms with Crippen molar-refractivity contribution in [3.8, 4) is 23.0 Å². The van der Waals surface area contributed by atoms with Crippen LogP contribution >= 0.6 is 0 Å². The van der Waals surface area contributed by atoms with Crippen molar-refractivity contribution < 1.29 is 38.1 Å². The minimum Gasteiger partial charge on any atom is -0.497 e. The van der Waals surface area contributed by atoms with Gasteiger partial charge in [0.1, 0.15) is 17.1 Å². The van der Waals surface area contributed by atoms with Gasteiger partial charge in [0.15, 0.2) is 11.5 Å². The smallest absolute Gasteiger partial charge is 0.343 e. The van der Waals surface area contributed by atoms with Crippen LogP contribution in [0.5, 0.6) is 23.0 Å². The highest BCUT2D eigenvalue weighted by Gasteiger charge is 2.37. The zero-order valence-corrected chi connectivity index (χ0v) is 20.1. The quantitative estimate of drug-likeness (QED) is 0.225. The third-order valence-electron chi connectivity index (χ3n) is 5.44. The topological polar surface area (TPSA) is 120 Å². The van der Waals surface area contributed by atoms with Crippen molar-refractivity contribution in [1.82, 2.24) is 5.32 Å². The van der Waals surface area contributed by atoms with Crippen molar-refractivity contribution in [3.63, 3.8) is 0 Å². The first-order chi connectivity index (χ1) is 17.8. The molecule has 1 N–H and O–H groups in total. The van der Waals surface area contributed by atoms with E-state index >= 15 is 0 Å². The number of nitrogens with zero attached hydrogens (tertiary/aromatic N) is 1. The van der Waals surface area contributed by atoms with Crippen LogP contribution in [0.1, 0.15) is 15.9 Å². The highest BCUT2D eigenvalue weighted by atomic mass is 16.6. The first-order valence-electron chi connectivity index (χ1n) is 10.9. The molecule has 0 radical (unpaired) electrons. The number of anilines is 1. The Hall–Kier alpha value is -5.12. The molecule has 0 bridgehead atoms. The Balaban J connectivity index is 1.60. The predicted octanol–water partition coefficient (Wildman–Crippen LogP) is 3.60. The molecular weight excluding hydrogens is 480 g/mol. The van der Waals surface area contributed by atoms with Crippen LogP contribution < -0.4 is 29.2 Å². The zero-order chi connectivity index (χ0) is 26.5. The predicted molar refractivity (Wildman–Crippen MR) is 133 cm³/mol. The number of carbonyl (C=O) groups excluding carboxylic acids is 4. The third-order valence-corrected chi connectivity index (χ3v) is 5.44. The fourth-order valence-corrected chi connectivity index (χ4v) is 3.55. The summed E-state index contributed by atoms with van der Waals surface area (Å²) in [6.45, 7) is 0. The molecule has 0 aromatic heterocycles. The third kappa shape index (κ3) is 5.27. The SMILES string of the molecule is COc1ccc(C(=O)Oc2ccc(/C=C3\C(=O)NC(=O)N(c4cccc(OC)c4)C3=O)cc2OC)cc1. The molecule has 3 aromatic carbocycles. The lowest BCUT2D eigenvalue weighted by atomic mass is 10.1. The van der Waals surface area contributed by atoms with Gasteiger partial charge in [-0.1, -0.05) is 12.1 Å². The fourth-order valence-electron chi connectivity index (χ4n) is 3.55. The number of carbonyl (C=O) groups is 4. The van der Waals surface area contributed by atoms with Gasteiger partial charge in [0, 0.05) is 6.07 Å². The summed E-state index contributed by atoms with van der Waals surface area (Å²) in [5.74, 6) is -0.899. The number of ether oxygens (including phenoxy) is 4. The molecule has 4 rings (SSSR count). The Bertz CT molecular complexity index is 1410. The molecule has 3 aromatic rings. The van der Waals surface area contributed by atoms with Gasteiger partial charge < -0.3 is 18.9 Å². The van der Waals surface area contributed by atoms with Crippen molar-refractivity contribution in [2.24, 2.45) is 0 Å². The molecule has 188 valence electrons. The monoisotopic (exact) mass is 502 g/mol. The Morgan fingerprint density at radius 2 is 1.54 bits per heavy atom. The van der Waals surface area contributed by atoms with Gasteiger partial charge in [0.2, 0.25) is 0 Å².